The molecule has 0 radical (unpaired) electrons. The van der Waals surface area contributed by atoms with E-state index in [4.69, 9.17) is 9.57 Å². The fourth-order valence-corrected chi connectivity index (χ4v) is 3.13. The molecule has 27 heavy (non-hydrogen) atoms. The fourth-order valence-electron chi connectivity index (χ4n) is 3.13. The number of nitrogens with zero attached hydrogens (tertiary/aromatic N) is 5. The maximum atomic E-state index is 5.86. The van der Waals surface area contributed by atoms with E-state index in [2.05, 4.69) is 32.0 Å². The van der Waals surface area contributed by atoms with Gasteiger partial charge in [-0.3, -0.25) is 14.7 Å². The van der Waals surface area contributed by atoms with Crippen LogP contribution in [-0.4, -0.2) is 52.8 Å². The van der Waals surface area contributed by atoms with E-state index < -0.39 is 0 Å². The highest BCUT2D eigenvalue weighted by atomic mass is 16.7. The lowest BCUT2D eigenvalue weighted by Gasteiger charge is -2.27. The Kier molecular flexibility index (Phi) is 5.53. The Labute approximate surface area is 158 Å². The van der Waals surface area contributed by atoms with E-state index in [0.717, 1.165) is 49.6 Å². The summed E-state index contributed by atoms with van der Waals surface area (Å²) >= 11 is 0. The zero-order valence-corrected chi connectivity index (χ0v) is 15.4. The van der Waals surface area contributed by atoms with Crippen LogP contribution in [0.25, 0.3) is 11.0 Å². The van der Waals surface area contributed by atoms with Crippen LogP contribution >= 0.6 is 0 Å². The number of anilines is 2. The number of morpholine rings is 1. The van der Waals surface area contributed by atoms with E-state index in [0.29, 0.717) is 12.6 Å². The summed E-state index contributed by atoms with van der Waals surface area (Å²) in [6, 6.07) is 12.1. The number of pyridine rings is 1. The lowest BCUT2D eigenvalue weighted by Crippen LogP contribution is -2.35. The molecular formula is C20H23N5O2. The molecule has 0 saturated carbocycles. The van der Waals surface area contributed by atoms with Crippen LogP contribution in [0.5, 0.6) is 0 Å². The van der Waals surface area contributed by atoms with E-state index >= 15 is 0 Å². The van der Waals surface area contributed by atoms with Crippen molar-refractivity contribution in [3.63, 3.8) is 0 Å². The Hall–Kier alpha value is -2.61. The molecule has 3 heterocycles. The van der Waals surface area contributed by atoms with E-state index in [9.17, 15) is 0 Å². The fraction of sp³-hybridized carbons (Fsp3) is 0.350. The van der Waals surface area contributed by atoms with Gasteiger partial charge in [0.25, 0.3) is 5.95 Å². The molecule has 1 saturated heterocycles. The first kappa shape index (κ1) is 17.8. The smallest absolute Gasteiger partial charge is 0.255 e. The quantitative estimate of drug-likeness (QED) is 0.622. The number of hydrogen-bond donors (Lipinski definition) is 0. The number of rotatable bonds is 6. The minimum atomic E-state index is 0.501. The standard InChI is InChI=1S/C20H23N5O2/c1-2-27-25(20-22-14-19-18(23-20)7-4-8-21-19)17-6-3-5-16(13-17)15-24-9-11-26-12-10-24/h3-8,13-14H,2,9-12,15H2,1H3. The Morgan fingerprint density at radius 3 is 2.85 bits per heavy atom. The van der Waals surface area contributed by atoms with E-state index in [1.165, 1.54) is 5.56 Å². The molecule has 1 aliphatic heterocycles. The highest BCUT2D eigenvalue weighted by molar-refractivity contribution is 5.74. The van der Waals surface area contributed by atoms with Crippen molar-refractivity contribution >= 4 is 22.7 Å². The summed E-state index contributed by atoms with van der Waals surface area (Å²) in [4.78, 5) is 21.6. The third kappa shape index (κ3) is 4.21. The van der Waals surface area contributed by atoms with Gasteiger partial charge in [-0.1, -0.05) is 12.1 Å². The zero-order valence-electron chi connectivity index (χ0n) is 15.4. The Balaban J connectivity index is 1.61. The van der Waals surface area contributed by atoms with Crippen LogP contribution in [0.3, 0.4) is 0 Å². The summed E-state index contributed by atoms with van der Waals surface area (Å²) in [6.07, 6.45) is 3.46. The lowest BCUT2D eigenvalue weighted by molar-refractivity contribution is 0.0342. The number of benzene rings is 1. The molecule has 3 aromatic rings. The summed E-state index contributed by atoms with van der Waals surface area (Å²) in [5.41, 5.74) is 3.68. The van der Waals surface area contributed by atoms with Crippen LogP contribution in [0.2, 0.25) is 0 Å². The Morgan fingerprint density at radius 2 is 2.00 bits per heavy atom. The van der Waals surface area contributed by atoms with Gasteiger partial charge >= 0.3 is 0 Å². The molecule has 1 fully saturated rings. The van der Waals surface area contributed by atoms with Gasteiger partial charge in [-0.05, 0) is 36.8 Å². The first-order chi connectivity index (χ1) is 13.3. The lowest BCUT2D eigenvalue weighted by atomic mass is 10.2. The van der Waals surface area contributed by atoms with Crippen LogP contribution < -0.4 is 5.06 Å². The minimum Gasteiger partial charge on any atom is -0.379 e. The maximum Gasteiger partial charge on any atom is 0.255 e. The molecule has 0 atom stereocenters. The second-order valence-corrected chi connectivity index (χ2v) is 6.35. The van der Waals surface area contributed by atoms with Crippen molar-refractivity contribution in [2.75, 3.05) is 38.0 Å². The van der Waals surface area contributed by atoms with Crippen LogP contribution in [-0.2, 0) is 16.1 Å². The van der Waals surface area contributed by atoms with Gasteiger partial charge in [0, 0.05) is 25.8 Å². The minimum absolute atomic E-state index is 0.501. The molecule has 1 aromatic carbocycles. The van der Waals surface area contributed by atoms with Crippen molar-refractivity contribution in [3.05, 3.63) is 54.4 Å². The van der Waals surface area contributed by atoms with Gasteiger partial charge in [0.05, 0.1) is 37.2 Å². The molecule has 0 unspecified atom stereocenters. The van der Waals surface area contributed by atoms with Crippen LogP contribution in [0.4, 0.5) is 11.6 Å². The number of aromatic nitrogens is 3. The van der Waals surface area contributed by atoms with Gasteiger partial charge in [0.15, 0.2) is 0 Å². The largest absolute Gasteiger partial charge is 0.379 e. The van der Waals surface area contributed by atoms with Gasteiger partial charge in [-0.25, -0.2) is 9.97 Å². The average molecular weight is 365 g/mol. The molecule has 4 rings (SSSR count). The molecule has 7 heteroatoms. The van der Waals surface area contributed by atoms with Crippen LogP contribution in [0.15, 0.2) is 48.8 Å². The summed E-state index contributed by atoms with van der Waals surface area (Å²) < 4.78 is 5.43. The molecule has 0 spiro atoms. The molecule has 0 N–H and O–H groups in total. The van der Waals surface area contributed by atoms with Crippen molar-refractivity contribution in [3.8, 4) is 0 Å². The first-order valence-electron chi connectivity index (χ1n) is 9.23. The molecule has 7 nitrogen and oxygen atoms in total. The Bertz CT molecular complexity index is 898. The molecule has 1 aliphatic rings. The Morgan fingerprint density at radius 1 is 1.11 bits per heavy atom. The second kappa shape index (κ2) is 8.39. The highest BCUT2D eigenvalue weighted by Crippen LogP contribution is 2.25. The summed E-state index contributed by atoms with van der Waals surface area (Å²) in [5.74, 6) is 0.501. The maximum absolute atomic E-state index is 5.86. The zero-order chi connectivity index (χ0) is 18.5. The third-order valence-corrected chi connectivity index (χ3v) is 4.43. The third-order valence-electron chi connectivity index (χ3n) is 4.43. The van der Waals surface area contributed by atoms with E-state index in [1.807, 2.05) is 31.2 Å². The highest BCUT2D eigenvalue weighted by Gasteiger charge is 2.16. The molecular weight excluding hydrogens is 342 g/mol. The van der Waals surface area contributed by atoms with Crippen LogP contribution in [0.1, 0.15) is 12.5 Å². The molecule has 140 valence electrons. The normalized spacial score (nSPS) is 15.1. The molecule has 0 amide bonds. The van der Waals surface area contributed by atoms with Crippen molar-refractivity contribution in [2.24, 2.45) is 0 Å². The topological polar surface area (TPSA) is 63.6 Å². The van der Waals surface area contributed by atoms with Gasteiger partial charge in [0.2, 0.25) is 0 Å². The molecule has 0 aliphatic carbocycles. The first-order valence-corrected chi connectivity index (χ1v) is 9.23. The number of ether oxygens (including phenoxy) is 1. The predicted octanol–water partition coefficient (Wildman–Crippen LogP) is 2.95. The monoisotopic (exact) mass is 365 g/mol. The number of hydrogen-bond acceptors (Lipinski definition) is 7. The van der Waals surface area contributed by atoms with Gasteiger partial charge in [-0.2, -0.15) is 5.06 Å². The molecule has 0 bridgehead atoms. The van der Waals surface area contributed by atoms with Crippen LogP contribution in [0, 0.1) is 0 Å². The van der Waals surface area contributed by atoms with Gasteiger partial charge < -0.3 is 4.74 Å². The summed E-state index contributed by atoms with van der Waals surface area (Å²) in [6.45, 7) is 6.86. The predicted molar refractivity (Wildman–Crippen MR) is 104 cm³/mol. The average Bonchev–Trinajstić information content (AvgIpc) is 2.72. The van der Waals surface area contributed by atoms with Crippen molar-refractivity contribution in [1.29, 1.82) is 0 Å². The van der Waals surface area contributed by atoms with E-state index in [-0.39, 0.29) is 0 Å². The van der Waals surface area contributed by atoms with Gasteiger partial charge in [0.1, 0.15) is 5.52 Å². The molecule has 2 aromatic heterocycles. The SMILES string of the molecule is CCON(c1cccc(CN2CCOCC2)c1)c1ncc2ncccc2n1. The van der Waals surface area contributed by atoms with Crippen molar-refractivity contribution < 1.29 is 9.57 Å². The number of fused-ring (bicyclic) bond motifs is 1. The second-order valence-electron chi connectivity index (χ2n) is 6.35. The van der Waals surface area contributed by atoms with E-state index in [1.54, 1.807) is 17.5 Å². The van der Waals surface area contributed by atoms with Crippen molar-refractivity contribution in [1.82, 2.24) is 19.9 Å². The summed E-state index contributed by atoms with van der Waals surface area (Å²) in [5, 5.41) is 1.69. The summed E-state index contributed by atoms with van der Waals surface area (Å²) in [7, 11) is 0. The van der Waals surface area contributed by atoms with Crippen molar-refractivity contribution in [2.45, 2.75) is 13.5 Å². The van der Waals surface area contributed by atoms with Gasteiger partial charge in [-0.15, -0.1) is 0 Å².